The summed E-state index contributed by atoms with van der Waals surface area (Å²) in [5.41, 5.74) is 3.42. The summed E-state index contributed by atoms with van der Waals surface area (Å²) < 4.78 is 0. The molecule has 5 nitrogen and oxygen atoms in total. The van der Waals surface area contributed by atoms with Gasteiger partial charge < -0.3 is 14.9 Å². The van der Waals surface area contributed by atoms with Gasteiger partial charge in [-0.2, -0.15) is 0 Å². The summed E-state index contributed by atoms with van der Waals surface area (Å²) in [4.78, 5) is 29.9. The molecule has 1 fully saturated rings. The van der Waals surface area contributed by atoms with Gasteiger partial charge in [0.15, 0.2) is 0 Å². The number of hydrogen-bond acceptors (Lipinski definition) is 4. The molecule has 3 rings (SSSR count). The lowest BCUT2D eigenvalue weighted by Gasteiger charge is -2.28. The second-order valence-corrected chi connectivity index (χ2v) is 7.75. The number of Topliss-reactive ketones (excluding diaryl/α,β-unsaturated/α-hetero) is 1. The molecule has 30 heavy (non-hydrogen) atoms. The molecule has 1 aliphatic rings. The second-order valence-electron chi connectivity index (χ2n) is 7.75. The molecule has 2 aromatic carbocycles. The van der Waals surface area contributed by atoms with E-state index in [2.05, 4.69) is 18.7 Å². The first-order valence-corrected chi connectivity index (χ1v) is 10.5. The van der Waals surface area contributed by atoms with Crippen molar-refractivity contribution in [2.75, 3.05) is 26.2 Å². The van der Waals surface area contributed by atoms with Crippen LogP contribution >= 0.6 is 0 Å². The first-order valence-electron chi connectivity index (χ1n) is 10.5. The number of amides is 1. The van der Waals surface area contributed by atoms with E-state index in [9.17, 15) is 14.7 Å². The number of benzene rings is 2. The van der Waals surface area contributed by atoms with Gasteiger partial charge in [-0.1, -0.05) is 61.9 Å². The number of carbonyl (C=O) groups excluding carboxylic acids is 2. The molecule has 158 valence electrons. The third-order valence-electron chi connectivity index (χ3n) is 5.86. The monoisotopic (exact) mass is 406 g/mol. The largest absolute Gasteiger partial charge is 0.507 e. The molecule has 1 amide bonds. The van der Waals surface area contributed by atoms with Crippen LogP contribution in [0.2, 0.25) is 0 Å². The predicted octanol–water partition coefficient (Wildman–Crippen LogP) is 4.07. The van der Waals surface area contributed by atoms with Gasteiger partial charge in [0, 0.05) is 18.7 Å². The number of rotatable bonds is 7. The molecule has 1 atom stereocenters. The number of likely N-dealkylation sites (N-methyl/N-ethyl adjacent to an activating group) is 1. The van der Waals surface area contributed by atoms with Crippen LogP contribution in [0.4, 0.5) is 0 Å². The molecule has 2 aromatic rings. The zero-order chi connectivity index (χ0) is 21.8. The molecule has 0 radical (unpaired) electrons. The zero-order valence-corrected chi connectivity index (χ0v) is 18.2. The highest BCUT2D eigenvalue weighted by Crippen LogP contribution is 2.39. The highest BCUT2D eigenvalue weighted by Gasteiger charge is 2.46. The summed E-state index contributed by atoms with van der Waals surface area (Å²) in [6.07, 6.45) is 0. The van der Waals surface area contributed by atoms with Crippen molar-refractivity contribution in [3.8, 4) is 0 Å². The molecular weight excluding hydrogens is 376 g/mol. The molecule has 0 spiro atoms. The number of aryl methyl sites for hydroxylation is 2. The summed E-state index contributed by atoms with van der Waals surface area (Å²) in [6.45, 7) is 10.8. The van der Waals surface area contributed by atoms with Crippen LogP contribution in [0.3, 0.4) is 0 Å². The molecule has 0 aliphatic carbocycles. The predicted molar refractivity (Wildman–Crippen MR) is 119 cm³/mol. The van der Waals surface area contributed by atoms with E-state index in [-0.39, 0.29) is 11.3 Å². The minimum atomic E-state index is -0.623. The smallest absolute Gasteiger partial charge is 0.295 e. The van der Waals surface area contributed by atoms with Crippen LogP contribution in [-0.2, 0) is 9.59 Å². The molecule has 0 bridgehead atoms. The number of hydrogen-bond donors (Lipinski definition) is 1. The number of carbonyl (C=O) groups is 2. The van der Waals surface area contributed by atoms with E-state index in [1.54, 1.807) is 4.90 Å². The fraction of sp³-hybridized carbons (Fsp3) is 0.360. The summed E-state index contributed by atoms with van der Waals surface area (Å²) in [7, 11) is 0. The zero-order valence-electron chi connectivity index (χ0n) is 18.2. The number of ketones is 1. The van der Waals surface area contributed by atoms with Crippen molar-refractivity contribution in [2.24, 2.45) is 0 Å². The Labute approximate surface area is 178 Å². The SMILES string of the molecule is CCN(CC)CCN1C(=O)C(=O)/C(=C(/O)c2cc(C)ccc2C)C1c1ccccc1. The Morgan fingerprint density at radius 2 is 1.70 bits per heavy atom. The Kier molecular flexibility index (Phi) is 6.73. The van der Waals surface area contributed by atoms with E-state index >= 15 is 0 Å². The van der Waals surface area contributed by atoms with Gasteiger partial charge in [-0.3, -0.25) is 9.59 Å². The van der Waals surface area contributed by atoms with Gasteiger partial charge in [0.05, 0.1) is 11.6 Å². The summed E-state index contributed by atoms with van der Waals surface area (Å²) >= 11 is 0. The topological polar surface area (TPSA) is 60.9 Å². The number of aliphatic hydroxyl groups excluding tert-OH is 1. The third kappa shape index (κ3) is 4.17. The molecule has 1 aliphatic heterocycles. The van der Waals surface area contributed by atoms with Crippen molar-refractivity contribution in [3.63, 3.8) is 0 Å². The minimum Gasteiger partial charge on any atom is -0.507 e. The van der Waals surface area contributed by atoms with Gasteiger partial charge in [0.2, 0.25) is 0 Å². The average molecular weight is 407 g/mol. The number of nitrogens with zero attached hydrogens (tertiary/aromatic N) is 2. The van der Waals surface area contributed by atoms with Crippen LogP contribution in [0.1, 0.15) is 42.1 Å². The maximum absolute atomic E-state index is 13.1. The van der Waals surface area contributed by atoms with Gasteiger partial charge in [-0.15, -0.1) is 0 Å². The quantitative estimate of drug-likeness (QED) is 0.428. The molecule has 1 heterocycles. The van der Waals surface area contributed by atoms with E-state index in [1.807, 2.05) is 62.4 Å². The average Bonchev–Trinajstić information content (AvgIpc) is 3.01. The van der Waals surface area contributed by atoms with Crippen LogP contribution in [0, 0.1) is 13.8 Å². The fourth-order valence-corrected chi connectivity index (χ4v) is 4.02. The fourth-order valence-electron chi connectivity index (χ4n) is 4.02. The van der Waals surface area contributed by atoms with E-state index in [0.717, 1.165) is 29.8 Å². The highest BCUT2D eigenvalue weighted by molar-refractivity contribution is 6.46. The van der Waals surface area contributed by atoms with Crippen LogP contribution in [-0.4, -0.2) is 52.8 Å². The van der Waals surface area contributed by atoms with E-state index in [4.69, 9.17) is 0 Å². The minimum absolute atomic E-state index is 0.103. The molecule has 1 saturated heterocycles. The standard InChI is InChI=1S/C25H30N2O3/c1-5-26(6-2)14-15-27-22(19-10-8-7-9-11-19)21(24(29)25(27)30)23(28)20-16-17(3)12-13-18(20)4/h7-13,16,22,28H,5-6,14-15H2,1-4H3/b23-21+. The molecule has 0 aromatic heterocycles. The maximum atomic E-state index is 13.1. The Morgan fingerprint density at radius 3 is 2.33 bits per heavy atom. The van der Waals surface area contributed by atoms with E-state index in [0.29, 0.717) is 18.7 Å². The highest BCUT2D eigenvalue weighted by atomic mass is 16.3. The maximum Gasteiger partial charge on any atom is 0.295 e. The van der Waals surface area contributed by atoms with Crippen molar-refractivity contribution in [2.45, 2.75) is 33.7 Å². The van der Waals surface area contributed by atoms with Gasteiger partial charge in [-0.25, -0.2) is 0 Å². The van der Waals surface area contributed by atoms with Crippen molar-refractivity contribution < 1.29 is 14.7 Å². The summed E-state index contributed by atoms with van der Waals surface area (Å²) in [6, 6.07) is 14.6. The van der Waals surface area contributed by atoms with Crippen LogP contribution in [0.5, 0.6) is 0 Å². The lowest BCUT2D eigenvalue weighted by Crippen LogP contribution is -2.38. The van der Waals surface area contributed by atoms with E-state index in [1.165, 1.54) is 0 Å². The Balaban J connectivity index is 2.12. The Bertz CT molecular complexity index is 962. The van der Waals surface area contributed by atoms with Crippen LogP contribution in [0.25, 0.3) is 5.76 Å². The number of likely N-dealkylation sites (tertiary alicyclic amines) is 1. The van der Waals surface area contributed by atoms with E-state index < -0.39 is 17.7 Å². The Hall–Kier alpha value is -2.92. The lowest BCUT2D eigenvalue weighted by atomic mass is 9.93. The second kappa shape index (κ2) is 9.26. The summed E-state index contributed by atoms with van der Waals surface area (Å²) in [5.74, 6) is -1.28. The third-order valence-corrected chi connectivity index (χ3v) is 5.86. The van der Waals surface area contributed by atoms with Crippen molar-refractivity contribution in [3.05, 3.63) is 76.4 Å². The van der Waals surface area contributed by atoms with Gasteiger partial charge in [0.1, 0.15) is 5.76 Å². The number of aliphatic hydroxyl groups is 1. The van der Waals surface area contributed by atoms with Gasteiger partial charge in [0.25, 0.3) is 11.7 Å². The van der Waals surface area contributed by atoms with Gasteiger partial charge >= 0.3 is 0 Å². The summed E-state index contributed by atoms with van der Waals surface area (Å²) in [5, 5.41) is 11.2. The Morgan fingerprint density at radius 1 is 1.03 bits per heavy atom. The molecule has 0 saturated carbocycles. The molecule has 5 heteroatoms. The molecule has 1 unspecified atom stereocenters. The first-order chi connectivity index (χ1) is 14.4. The van der Waals surface area contributed by atoms with Crippen LogP contribution < -0.4 is 0 Å². The molecule has 1 N–H and O–H groups in total. The molecular formula is C25H30N2O3. The van der Waals surface area contributed by atoms with Crippen LogP contribution in [0.15, 0.2) is 54.1 Å². The first kappa shape index (κ1) is 21.8. The van der Waals surface area contributed by atoms with Gasteiger partial charge in [-0.05, 0) is 44.1 Å². The lowest BCUT2D eigenvalue weighted by molar-refractivity contribution is -0.140. The van der Waals surface area contributed by atoms with Crippen molar-refractivity contribution in [1.82, 2.24) is 9.80 Å². The van der Waals surface area contributed by atoms with Crippen molar-refractivity contribution >= 4 is 17.4 Å². The van der Waals surface area contributed by atoms with Crippen molar-refractivity contribution in [1.29, 1.82) is 0 Å². The normalized spacial score (nSPS) is 18.4.